The SMILES string of the molecule is O=C(Nc1cncc(-c2ccc3[nH]nc(-c4nc5nccc(-c6ccc(F)s6)c5[nH]4)c3c2F)c1)C1CCC1. The number of thiophene rings is 1. The topological polar surface area (TPSA) is 112 Å². The number of imidazole rings is 1. The molecule has 5 heterocycles. The first-order valence-corrected chi connectivity index (χ1v) is 12.9. The average molecular weight is 528 g/mol. The lowest BCUT2D eigenvalue weighted by molar-refractivity contribution is -0.122. The van der Waals surface area contributed by atoms with Gasteiger partial charge in [0.2, 0.25) is 5.91 Å². The van der Waals surface area contributed by atoms with Crippen LogP contribution in [0.2, 0.25) is 0 Å². The summed E-state index contributed by atoms with van der Waals surface area (Å²) in [6.07, 6.45) is 7.54. The van der Waals surface area contributed by atoms with Crippen LogP contribution in [0.3, 0.4) is 0 Å². The van der Waals surface area contributed by atoms with E-state index in [0.717, 1.165) is 41.0 Å². The lowest BCUT2D eigenvalue weighted by atomic mass is 9.85. The third-order valence-electron chi connectivity index (χ3n) is 6.91. The standard InChI is InChI=1S/C27H19F2N7OS/c28-20-7-6-19(38-20)17-8-9-31-25-23(17)33-26(34-25)24-21-18(35-36-24)5-4-16(22(21)29)14-10-15(12-30-11-14)32-27(37)13-2-1-3-13/h4-13H,1-3H2,(H,32,37)(H,35,36)(H,31,33,34). The molecule has 38 heavy (non-hydrogen) atoms. The van der Waals surface area contributed by atoms with Crippen LogP contribution in [-0.2, 0) is 4.79 Å². The van der Waals surface area contributed by atoms with Crippen molar-refractivity contribution < 1.29 is 13.6 Å². The minimum Gasteiger partial charge on any atom is -0.335 e. The summed E-state index contributed by atoms with van der Waals surface area (Å²) < 4.78 is 29.7. The first-order chi connectivity index (χ1) is 18.5. The van der Waals surface area contributed by atoms with Crippen molar-refractivity contribution in [1.82, 2.24) is 30.1 Å². The molecule has 8 nitrogen and oxygen atoms in total. The number of aromatic nitrogens is 6. The number of nitrogens with one attached hydrogen (secondary N) is 3. The molecule has 6 aromatic rings. The van der Waals surface area contributed by atoms with Gasteiger partial charge in [-0.2, -0.15) is 9.49 Å². The van der Waals surface area contributed by atoms with Gasteiger partial charge in [0.1, 0.15) is 11.5 Å². The quantitative estimate of drug-likeness (QED) is 0.243. The van der Waals surface area contributed by atoms with Gasteiger partial charge in [0.25, 0.3) is 0 Å². The number of carbonyl (C=O) groups is 1. The zero-order valence-electron chi connectivity index (χ0n) is 19.8. The third kappa shape index (κ3) is 3.74. The number of anilines is 1. The van der Waals surface area contributed by atoms with E-state index < -0.39 is 5.82 Å². The third-order valence-corrected chi connectivity index (χ3v) is 7.82. The summed E-state index contributed by atoms with van der Waals surface area (Å²) in [6, 6.07) is 9.99. The number of fused-ring (bicyclic) bond motifs is 2. The molecule has 0 saturated heterocycles. The number of amides is 1. The maximum atomic E-state index is 16.1. The Kier molecular flexibility index (Phi) is 5.25. The summed E-state index contributed by atoms with van der Waals surface area (Å²) >= 11 is 1.02. The number of rotatable bonds is 5. The highest BCUT2D eigenvalue weighted by Crippen LogP contribution is 2.36. The molecule has 0 spiro atoms. The Morgan fingerprint density at radius 2 is 1.97 bits per heavy atom. The molecule has 1 amide bonds. The molecule has 1 aliphatic rings. The lowest BCUT2D eigenvalue weighted by Gasteiger charge is -2.24. The fourth-order valence-electron chi connectivity index (χ4n) is 4.72. The van der Waals surface area contributed by atoms with Crippen LogP contribution in [-0.4, -0.2) is 36.0 Å². The van der Waals surface area contributed by atoms with E-state index in [0.29, 0.717) is 45.0 Å². The zero-order chi connectivity index (χ0) is 25.8. The Morgan fingerprint density at radius 1 is 1.08 bits per heavy atom. The number of H-pyrrole nitrogens is 2. The predicted octanol–water partition coefficient (Wildman–Crippen LogP) is 6.31. The molecule has 188 valence electrons. The Morgan fingerprint density at radius 3 is 2.76 bits per heavy atom. The summed E-state index contributed by atoms with van der Waals surface area (Å²) in [5.74, 6) is -0.173. The van der Waals surface area contributed by atoms with Gasteiger partial charge in [-0.05, 0) is 49.2 Å². The van der Waals surface area contributed by atoms with Crippen LogP contribution in [0, 0.1) is 16.9 Å². The van der Waals surface area contributed by atoms with Crippen LogP contribution in [0.1, 0.15) is 19.3 Å². The van der Waals surface area contributed by atoms with Gasteiger partial charge in [0, 0.05) is 39.9 Å². The van der Waals surface area contributed by atoms with Gasteiger partial charge in [-0.1, -0.05) is 6.42 Å². The molecule has 1 fully saturated rings. The van der Waals surface area contributed by atoms with Gasteiger partial charge >= 0.3 is 0 Å². The van der Waals surface area contributed by atoms with Gasteiger partial charge in [0.15, 0.2) is 16.6 Å². The second-order valence-corrected chi connectivity index (χ2v) is 10.3. The number of nitrogens with zero attached hydrogens (tertiary/aromatic N) is 4. The Bertz CT molecular complexity index is 1850. The molecule has 0 radical (unpaired) electrons. The fourth-order valence-corrected chi connectivity index (χ4v) is 5.49. The average Bonchev–Trinajstić information content (AvgIpc) is 3.61. The highest BCUT2D eigenvalue weighted by Gasteiger charge is 2.25. The van der Waals surface area contributed by atoms with Crippen LogP contribution in [0.25, 0.3) is 55.2 Å². The van der Waals surface area contributed by atoms with Crippen LogP contribution < -0.4 is 5.32 Å². The number of pyridine rings is 2. The molecule has 0 atom stereocenters. The van der Waals surface area contributed by atoms with E-state index >= 15 is 4.39 Å². The summed E-state index contributed by atoms with van der Waals surface area (Å²) in [7, 11) is 0. The first kappa shape index (κ1) is 22.7. The fraction of sp³-hybridized carbons (Fsp3) is 0.148. The van der Waals surface area contributed by atoms with Crippen molar-refractivity contribution >= 4 is 45.0 Å². The smallest absolute Gasteiger partial charge is 0.227 e. The molecule has 1 saturated carbocycles. The van der Waals surface area contributed by atoms with Crippen LogP contribution in [0.15, 0.2) is 55.0 Å². The molecular weight excluding hydrogens is 508 g/mol. The molecule has 3 N–H and O–H groups in total. The van der Waals surface area contributed by atoms with Crippen molar-refractivity contribution in [2.24, 2.45) is 5.92 Å². The van der Waals surface area contributed by atoms with Crippen molar-refractivity contribution in [3.05, 3.63) is 65.9 Å². The summed E-state index contributed by atoms with van der Waals surface area (Å²) in [4.78, 5) is 29.4. The maximum Gasteiger partial charge on any atom is 0.227 e. The highest BCUT2D eigenvalue weighted by atomic mass is 32.1. The van der Waals surface area contributed by atoms with Gasteiger partial charge in [-0.3, -0.25) is 14.9 Å². The number of hydrogen-bond donors (Lipinski definition) is 3. The number of hydrogen-bond acceptors (Lipinski definition) is 6. The molecule has 0 aliphatic heterocycles. The van der Waals surface area contributed by atoms with E-state index in [1.54, 1.807) is 48.9 Å². The van der Waals surface area contributed by atoms with E-state index in [2.05, 4.69) is 35.5 Å². The van der Waals surface area contributed by atoms with Crippen molar-refractivity contribution in [3.8, 4) is 33.1 Å². The van der Waals surface area contributed by atoms with Gasteiger partial charge in [-0.15, -0.1) is 11.3 Å². The van der Waals surface area contributed by atoms with E-state index in [4.69, 9.17) is 0 Å². The van der Waals surface area contributed by atoms with Gasteiger partial charge in [-0.25, -0.2) is 14.4 Å². The van der Waals surface area contributed by atoms with Crippen LogP contribution >= 0.6 is 11.3 Å². The number of aromatic amines is 2. The van der Waals surface area contributed by atoms with E-state index in [9.17, 15) is 9.18 Å². The van der Waals surface area contributed by atoms with Crippen LogP contribution in [0.5, 0.6) is 0 Å². The summed E-state index contributed by atoms with van der Waals surface area (Å²) in [5.41, 5.74) is 3.92. The van der Waals surface area contributed by atoms with E-state index in [1.807, 2.05) is 0 Å². The number of carbonyl (C=O) groups excluding carboxylic acids is 1. The predicted molar refractivity (Wildman–Crippen MR) is 141 cm³/mol. The van der Waals surface area contributed by atoms with Crippen molar-refractivity contribution in [3.63, 3.8) is 0 Å². The molecule has 1 aromatic carbocycles. The molecule has 7 rings (SSSR count). The second-order valence-electron chi connectivity index (χ2n) is 9.25. The van der Waals surface area contributed by atoms with Gasteiger partial charge in [0.05, 0.1) is 28.3 Å². The lowest BCUT2D eigenvalue weighted by Crippen LogP contribution is -2.28. The molecule has 0 bridgehead atoms. The second kappa shape index (κ2) is 8.80. The van der Waals surface area contributed by atoms with Gasteiger partial charge < -0.3 is 10.3 Å². The van der Waals surface area contributed by atoms with Crippen LogP contribution in [0.4, 0.5) is 14.5 Å². The van der Waals surface area contributed by atoms with Crippen molar-refractivity contribution in [2.75, 3.05) is 5.32 Å². The molecule has 0 unspecified atom stereocenters. The minimum atomic E-state index is -0.496. The first-order valence-electron chi connectivity index (χ1n) is 12.1. The zero-order valence-corrected chi connectivity index (χ0v) is 20.6. The summed E-state index contributed by atoms with van der Waals surface area (Å²) in [6.45, 7) is 0. The largest absolute Gasteiger partial charge is 0.335 e. The van der Waals surface area contributed by atoms with E-state index in [1.165, 1.54) is 6.07 Å². The van der Waals surface area contributed by atoms with Crippen molar-refractivity contribution in [1.29, 1.82) is 0 Å². The summed E-state index contributed by atoms with van der Waals surface area (Å²) in [5, 5.41) is 10.1. The van der Waals surface area contributed by atoms with E-state index in [-0.39, 0.29) is 22.3 Å². The molecule has 11 heteroatoms. The monoisotopic (exact) mass is 527 g/mol. The molecule has 1 aliphatic carbocycles. The van der Waals surface area contributed by atoms with Crippen molar-refractivity contribution in [2.45, 2.75) is 19.3 Å². The minimum absolute atomic E-state index is 0.0258. The highest BCUT2D eigenvalue weighted by molar-refractivity contribution is 7.14. The Labute approximate surface area is 218 Å². The number of halogens is 2. The Balaban J connectivity index is 1.30. The Hall–Kier alpha value is -4.51. The number of benzene rings is 1. The maximum absolute atomic E-state index is 16.1. The normalized spacial score (nSPS) is 13.7. The molecular formula is C27H19F2N7OS. The molecule has 5 aromatic heterocycles.